The number of hydrogen-bond donors (Lipinski definition) is 2. The Balaban J connectivity index is 1.85. The normalized spacial score (nSPS) is 10.6. The topological polar surface area (TPSA) is 76.2 Å². The summed E-state index contributed by atoms with van der Waals surface area (Å²) in [5, 5.41) is 3.61. The van der Waals surface area contributed by atoms with E-state index in [9.17, 15) is 4.79 Å². The molecule has 7 heteroatoms. The predicted octanol–water partition coefficient (Wildman–Crippen LogP) is 3.61. The van der Waals surface area contributed by atoms with Crippen molar-refractivity contribution in [1.82, 2.24) is 15.3 Å². The molecule has 0 fully saturated rings. The van der Waals surface area contributed by atoms with Crippen LogP contribution >= 0.6 is 11.8 Å². The van der Waals surface area contributed by atoms with Crippen molar-refractivity contribution in [1.29, 1.82) is 0 Å². The van der Waals surface area contributed by atoms with Crippen LogP contribution in [-0.4, -0.2) is 49.0 Å². The maximum absolute atomic E-state index is 12.1. The van der Waals surface area contributed by atoms with Crippen LogP contribution in [0.4, 0.5) is 0 Å². The Morgan fingerprint density at radius 3 is 2.64 bits per heavy atom. The van der Waals surface area contributed by atoms with Crippen LogP contribution in [0.3, 0.4) is 0 Å². The molecule has 0 aliphatic rings. The van der Waals surface area contributed by atoms with Crippen LogP contribution < -0.4 is 10.1 Å². The molecule has 6 nitrogen and oxygen atoms in total. The number of nitrogens with zero attached hydrogens (tertiary/aromatic N) is 1. The van der Waals surface area contributed by atoms with Gasteiger partial charge >= 0.3 is 0 Å². The number of hydrogen-bond acceptors (Lipinski definition) is 5. The summed E-state index contributed by atoms with van der Waals surface area (Å²) in [6.45, 7) is 0.991. The van der Waals surface area contributed by atoms with E-state index in [0.29, 0.717) is 13.2 Å². The molecule has 1 heterocycles. The highest BCUT2D eigenvalue weighted by molar-refractivity contribution is 8.00. The fourth-order valence-corrected chi connectivity index (χ4v) is 3.49. The third-order valence-corrected chi connectivity index (χ3v) is 5.02. The molecule has 2 aromatic carbocycles. The first kappa shape index (κ1) is 20.0. The number of thioether (sulfide) groups is 1. The molecule has 0 unspecified atom stereocenters. The van der Waals surface area contributed by atoms with Crippen molar-refractivity contribution in [2.24, 2.45) is 0 Å². The first-order valence-electron chi connectivity index (χ1n) is 8.89. The molecule has 0 atom stereocenters. The number of methoxy groups -OCH3 is 2. The minimum Gasteiger partial charge on any atom is -0.497 e. The fourth-order valence-electron chi connectivity index (χ4n) is 2.65. The summed E-state index contributed by atoms with van der Waals surface area (Å²) in [7, 11) is 3.25. The van der Waals surface area contributed by atoms with Gasteiger partial charge < -0.3 is 19.8 Å². The van der Waals surface area contributed by atoms with Crippen LogP contribution in [0.25, 0.3) is 22.6 Å². The second-order valence-corrected chi connectivity index (χ2v) is 6.96. The molecule has 2 N–H and O–H groups in total. The van der Waals surface area contributed by atoms with Gasteiger partial charge in [0.1, 0.15) is 16.6 Å². The molecule has 3 rings (SSSR count). The van der Waals surface area contributed by atoms with E-state index < -0.39 is 0 Å². The van der Waals surface area contributed by atoms with Crippen molar-refractivity contribution in [2.75, 3.05) is 33.1 Å². The lowest BCUT2D eigenvalue weighted by Crippen LogP contribution is -2.28. The highest BCUT2D eigenvalue weighted by Gasteiger charge is 2.15. The number of ether oxygens (including phenoxy) is 2. The summed E-state index contributed by atoms with van der Waals surface area (Å²) in [6.07, 6.45) is 0. The van der Waals surface area contributed by atoms with E-state index in [1.807, 2.05) is 54.6 Å². The van der Waals surface area contributed by atoms with E-state index in [2.05, 4.69) is 10.3 Å². The maximum Gasteiger partial charge on any atom is 0.230 e. The molecule has 0 bridgehead atoms. The molecule has 3 aromatic rings. The van der Waals surface area contributed by atoms with Gasteiger partial charge in [-0.15, -0.1) is 0 Å². The number of carbonyl (C=O) groups excluding carboxylic acids is 1. The Morgan fingerprint density at radius 2 is 1.89 bits per heavy atom. The number of nitrogens with one attached hydrogen (secondary N) is 2. The second-order valence-electron chi connectivity index (χ2n) is 5.99. The molecular formula is C21H23N3O3S. The zero-order valence-electron chi connectivity index (χ0n) is 15.9. The highest BCUT2D eigenvalue weighted by Crippen LogP contribution is 2.33. The number of rotatable bonds is 9. The summed E-state index contributed by atoms with van der Waals surface area (Å²) in [6, 6.07) is 17.7. The lowest BCUT2D eigenvalue weighted by Gasteiger charge is -2.04. The van der Waals surface area contributed by atoms with E-state index in [1.165, 1.54) is 11.8 Å². The Morgan fingerprint density at radius 1 is 1.11 bits per heavy atom. The molecule has 0 saturated heterocycles. The van der Waals surface area contributed by atoms with Crippen molar-refractivity contribution >= 4 is 17.7 Å². The minimum atomic E-state index is -0.0491. The lowest BCUT2D eigenvalue weighted by molar-refractivity contribution is -0.118. The summed E-state index contributed by atoms with van der Waals surface area (Å²) in [5.41, 5.74) is 2.84. The fraction of sp³-hybridized carbons (Fsp3) is 0.238. The van der Waals surface area contributed by atoms with E-state index in [4.69, 9.17) is 14.5 Å². The van der Waals surface area contributed by atoms with Gasteiger partial charge in [-0.2, -0.15) is 0 Å². The van der Waals surface area contributed by atoms with Crippen LogP contribution in [0.2, 0.25) is 0 Å². The summed E-state index contributed by atoms with van der Waals surface area (Å²) in [4.78, 5) is 20.2. The Bertz CT molecular complexity index is 912. The van der Waals surface area contributed by atoms with E-state index in [-0.39, 0.29) is 11.7 Å². The van der Waals surface area contributed by atoms with Crippen LogP contribution in [0, 0.1) is 0 Å². The average Bonchev–Trinajstić information content (AvgIpc) is 3.17. The zero-order chi connectivity index (χ0) is 19.8. The molecule has 0 radical (unpaired) electrons. The van der Waals surface area contributed by atoms with Gasteiger partial charge in [-0.05, 0) is 12.1 Å². The van der Waals surface area contributed by atoms with Crippen LogP contribution in [-0.2, 0) is 9.53 Å². The van der Waals surface area contributed by atoms with Crippen molar-refractivity contribution in [3.05, 3.63) is 54.6 Å². The number of aromatic amines is 1. The molecule has 146 valence electrons. The van der Waals surface area contributed by atoms with Crippen molar-refractivity contribution < 1.29 is 14.3 Å². The number of amides is 1. The largest absolute Gasteiger partial charge is 0.497 e. The first-order valence-corrected chi connectivity index (χ1v) is 9.88. The van der Waals surface area contributed by atoms with Gasteiger partial charge in [0.05, 0.1) is 25.2 Å². The van der Waals surface area contributed by atoms with Crippen LogP contribution in [0.15, 0.2) is 59.6 Å². The standard InChI is InChI=1S/C21H23N3O3S/c1-26-12-11-22-18(25)14-28-21-19(15-7-4-3-5-8-15)23-20(24-21)16-9-6-10-17(13-16)27-2/h3-10,13H,11-12,14H2,1-2H3,(H,22,25)(H,23,24). The smallest absolute Gasteiger partial charge is 0.230 e. The van der Waals surface area contributed by atoms with E-state index in [0.717, 1.165) is 33.4 Å². The molecule has 0 saturated carbocycles. The van der Waals surface area contributed by atoms with E-state index >= 15 is 0 Å². The molecule has 28 heavy (non-hydrogen) atoms. The van der Waals surface area contributed by atoms with Gasteiger partial charge in [-0.25, -0.2) is 4.98 Å². The highest BCUT2D eigenvalue weighted by atomic mass is 32.2. The van der Waals surface area contributed by atoms with Gasteiger partial charge in [0.25, 0.3) is 0 Å². The number of aromatic nitrogens is 2. The number of imidazole rings is 1. The number of benzene rings is 2. The average molecular weight is 398 g/mol. The van der Waals surface area contributed by atoms with Gasteiger partial charge in [-0.3, -0.25) is 4.79 Å². The molecule has 1 amide bonds. The molecule has 0 spiro atoms. The summed E-state index contributed by atoms with van der Waals surface area (Å²) in [5.74, 6) is 1.74. The van der Waals surface area contributed by atoms with Gasteiger partial charge in [0.15, 0.2) is 0 Å². The third-order valence-electron chi connectivity index (χ3n) is 4.04. The lowest BCUT2D eigenvalue weighted by atomic mass is 10.2. The van der Waals surface area contributed by atoms with Crippen molar-refractivity contribution in [3.63, 3.8) is 0 Å². The number of carbonyl (C=O) groups is 1. The second kappa shape index (κ2) is 9.96. The monoisotopic (exact) mass is 397 g/mol. The van der Waals surface area contributed by atoms with Crippen LogP contribution in [0.1, 0.15) is 0 Å². The van der Waals surface area contributed by atoms with Gasteiger partial charge in [0.2, 0.25) is 5.91 Å². The Hall–Kier alpha value is -2.77. The zero-order valence-corrected chi connectivity index (χ0v) is 16.7. The van der Waals surface area contributed by atoms with Gasteiger partial charge in [0, 0.05) is 24.8 Å². The minimum absolute atomic E-state index is 0.0491. The van der Waals surface area contributed by atoms with Crippen LogP contribution in [0.5, 0.6) is 5.75 Å². The maximum atomic E-state index is 12.1. The van der Waals surface area contributed by atoms with E-state index in [1.54, 1.807) is 14.2 Å². The third kappa shape index (κ3) is 5.15. The predicted molar refractivity (Wildman–Crippen MR) is 112 cm³/mol. The number of H-pyrrole nitrogens is 1. The Labute approximate surface area is 168 Å². The molecule has 0 aliphatic carbocycles. The summed E-state index contributed by atoms with van der Waals surface area (Å²) < 4.78 is 10.3. The molecular weight excluding hydrogens is 374 g/mol. The first-order chi connectivity index (χ1) is 13.7. The van der Waals surface area contributed by atoms with Crippen molar-refractivity contribution in [3.8, 4) is 28.4 Å². The molecule has 0 aliphatic heterocycles. The quantitative estimate of drug-likeness (QED) is 0.426. The summed E-state index contributed by atoms with van der Waals surface area (Å²) >= 11 is 1.41. The Kier molecular flexibility index (Phi) is 7.11. The van der Waals surface area contributed by atoms with Gasteiger partial charge in [-0.1, -0.05) is 54.2 Å². The molecule has 1 aromatic heterocycles. The van der Waals surface area contributed by atoms with Crippen molar-refractivity contribution in [2.45, 2.75) is 5.03 Å². The SMILES string of the molecule is COCCNC(=O)CSc1nc(-c2cccc(OC)c2)[nH]c1-c1ccccc1.